The third-order valence-corrected chi connectivity index (χ3v) is 3.98. The molecule has 0 spiro atoms. The van der Waals surface area contributed by atoms with Crippen LogP contribution in [0.25, 0.3) is 0 Å². The van der Waals surface area contributed by atoms with Gasteiger partial charge in [-0.2, -0.15) is 0 Å². The Labute approximate surface area is 99.4 Å². The molecular weight excluding hydrogens is 257 g/mol. The minimum absolute atomic E-state index is 0.314. The van der Waals surface area contributed by atoms with E-state index in [1.54, 1.807) is 31.2 Å². The largest absolute Gasteiger partial charge is 0.226 e. The smallest absolute Gasteiger partial charge is 0.211 e. The molecule has 1 atom stereocenters. The van der Waals surface area contributed by atoms with E-state index in [2.05, 4.69) is 4.72 Å². The van der Waals surface area contributed by atoms with Crippen LogP contribution in [-0.2, 0) is 10.0 Å². The Bertz CT molecular complexity index is 416. The first-order chi connectivity index (χ1) is 6.94. The van der Waals surface area contributed by atoms with E-state index in [1.807, 2.05) is 0 Å². The maximum absolute atomic E-state index is 11.2. The van der Waals surface area contributed by atoms with Crippen LogP contribution in [0.4, 0.5) is 0 Å². The molecule has 0 fully saturated rings. The average Bonchev–Trinajstić information content (AvgIpc) is 2.18. The highest BCUT2D eigenvalue weighted by molar-refractivity contribution is 7.90. The zero-order valence-corrected chi connectivity index (χ0v) is 10.4. The molecule has 15 heavy (non-hydrogen) atoms. The SMILES string of the molecule is CC(NS(=O)(=O)CCl)c1ccc(Cl)cc1. The van der Waals surface area contributed by atoms with Gasteiger partial charge in [0, 0.05) is 11.1 Å². The molecule has 0 aliphatic carbocycles. The van der Waals surface area contributed by atoms with Crippen molar-refractivity contribution in [1.29, 1.82) is 0 Å². The molecule has 0 aromatic heterocycles. The second-order valence-corrected chi connectivity index (χ2v) is 5.89. The first-order valence-corrected chi connectivity index (χ1v) is 6.82. The Morgan fingerprint density at radius 3 is 2.33 bits per heavy atom. The molecule has 0 saturated heterocycles. The number of halogens is 2. The standard InChI is InChI=1S/C9H11Cl2NO2S/c1-7(12-15(13,14)6-10)8-2-4-9(11)5-3-8/h2-5,7,12H,6H2,1H3. The van der Waals surface area contributed by atoms with Gasteiger partial charge in [0.25, 0.3) is 0 Å². The number of benzene rings is 1. The van der Waals surface area contributed by atoms with Crippen molar-refractivity contribution in [2.45, 2.75) is 13.0 Å². The van der Waals surface area contributed by atoms with Crippen molar-refractivity contribution >= 4 is 33.2 Å². The highest BCUT2D eigenvalue weighted by Crippen LogP contribution is 2.16. The summed E-state index contributed by atoms with van der Waals surface area (Å²) in [4.78, 5) is 0. The van der Waals surface area contributed by atoms with E-state index < -0.39 is 15.2 Å². The Morgan fingerprint density at radius 1 is 1.33 bits per heavy atom. The number of hydrogen-bond acceptors (Lipinski definition) is 2. The van der Waals surface area contributed by atoms with E-state index in [0.717, 1.165) is 5.56 Å². The molecule has 0 heterocycles. The zero-order valence-electron chi connectivity index (χ0n) is 8.07. The Morgan fingerprint density at radius 2 is 1.87 bits per heavy atom. The molecule has 84 valence electrons. The van der Waals surface area contributed by atoms with Crippen molar-refractivity contribution in [2.24, 2.45) is 0 Å². The van der Waals surface area contributed by atoms with Crippen LogP contribution < -0.4 is 4.72 Å². The molecule has 1 N–H and O–H groups in total. The Kier molecular flexibility index (Phi) is 4.40. The van der Waals surface area contributed by atoms with Gasteiger partial charge in [0.15, 0.2) is 0 Å². The first-order valence-electron chi connectivity index (χ1n) is 4.26. The number of hydrogen-bond donors (Lipinski definition) is 1. The van der Waals surface area contributed by atoms with Crippen LogP contribution in [0.3, 0.4) is 0 Å². The molecule has 1 unspecified atom stereocenters. The molecule has 1 aromatic carbocycles. The highest BCUT2D eigenvalue weighted by atomic mass is 35.5. The van der Waals surface area contributed by atoms with Gasteiger partial charge in [-0.3, -0.25) is 0 Å². The van der Waals surface area contributed by atoms with Gasteiger partial charge in [-0.25, -0.2) is 13.1 Å². The fourth-order valence-corrected chi connectivity index (χ4v) is 2.17. The maximum Gasteiger partial charge on any atom is 0.226 e. The van der Waals surface area contributed by atoms with Crippen molar-refractivity contribution in [2.75, 3.05) is 5.21 Å². The van der Waals surface area contributed by atoms with Crippen LogP contribution in [0.5, 0.6) is 0 Å². The van der Waals surface area contributed by atoms with Gasteiger partial charge in [0.1, 0.15) is 5.21 Å². The summed E-state index contributed by atoms with van der Waals surface area (Å²) >= 11 is 11.0. The second-order valence-electron chi connectivity index (χ2n) is 3.11. The maximum atomic E-state index is 11.2. The van der Waals surface area contributed by atoms with E-state index >= 15 is 0 Å². The van der Waals surface area contributed by atoms with E-state index in [-0.39, 0.29) is 6.04 Å². The lowest BCUT2D eigenvalue weighted by molar-refractivity contribution is 0.571. The predicted octanol–water partition coefficient (Wildman–Crippen LogP) is 2.52. The van der Waals surface area contributed by atoms with Crippen LogP contribution in [-0.4, -0.2) is 13.6 Å². The summed E-state index contributed by atoms with van der Waals surface area (Å²) < 4.78 is 24.8. The molecule has 0 saturated carbocycles. The van der Waals surface area contributed by atoms with Crippen LogP contribution in [0.1, 0.15) is 18.5 Å². The third-order valence-electron chi connectivity index (χ3n) is 1.87. The molecule has 0 aliphatic heterocycles. The third kappa shape index (κ3) is 3.99. The lowest BCUT2D eigenvalue weighted by atomic mass is 10.1. The molecule has 0 amide bonds. The molecular formula is C9H11Cl2NO2S. The van der Waals surface area contributed by atoms with Crippen molar-refractivity contribution in [3.63, 3.8) is 0 Å². The normalized spacial score (nSPS) is 13.8. The summed E-state index contributed by atoms with van der Waals surface area (Å²) in [6, 6.07) is 6.64. The fourth-order valence-electron chi connectivity index (χ4n) is 1.12. The summed E-state index contributed by atoms with van der Waals surface area (Å²) in [6.07, 6.45) is 0. The topological polar surface area (TPSA) is 46.2 Å². The van der Waals surface area contributed by atoms with Gasteiger partial charge in [-0.15, -0.1) is 11.6 Å². The first kappa shape index (κ1) is 12.8. The van der Waals surface area contributed by atoms with Gasteiger partial charge in [-0.1, -0.05) is 23.7 Å². The fraction of sp³-hybridized carbons (Fsp3) is 0.333. The lowest BCUT2D eigenvalue weighted by Crippen LogP contribution is -2.27. The van der Waals surface area contributed by atoms with Crippen LogP contribution in [0.15, 0.2) is 24.3 Å². The molecule has 0 aliphatic rings. The van der Waals surface area contributed by atoms with Crippen LogP contribution in [0.2, 0.25) is 5.02 Å². The zero-order chi connectivity index (χ0) is 11.5. The van der Waals surface area contributed by atoms with Gasteiger partial charge in [0.05, 0.1) is 0 Å². The summed E-state index contributed by atoms with van der Waals surface area (Å²) in [5.41, 5.74) is 0.841. The molecule has 1 aromatic rings. The minimum Gasteiger partial charge on any atom is -0.211 e. The Balaban J connectivity index is 2.78. The Hall–Kier alpha value is -0.290. The second kappa shape index (κ2) is 5.16. The highest BCUT2D eigenvalue weighted by Gasteiger charge is 2.13. The molecule has 0 bridgehead atoms. The van der Waals surface area contributed by atoms with Crippen LogP contribution in [0, 0.1) is 0 Å². The number of rotatable bonds is 4. The number of sulfonamides is 1. The van der Waals surface area contributed by atoms with Crippen molar-refractivity contribution in [3.05, 3.63) is 34.9 Å². The van der Waals surface area contributed by atoms with E-state index in [1.165, 1.54) is 0 Å². The summed E-state index contributed by atoms with van der Waals surface area (Å²) in [5, 5.41) is 0.177. The van der Waals surface area contributed by atoms with Crippen molar-refractivity contribution < 1.29 is 8.42 Å². The van der Waals surface area contributed by atoms with Crippen molar-refractivity contribution in [3.8, 4) is 0 Å². The predicted molar refractivity (Wildman–Crippen MR) is 62.6 cm³/mol. The summed E-state index contributed by atoms with van der Waals surface area (Å²) in [5.74, 6) is 0. The average molecular weight is 268 g/mol. The quantitative estimate of drug-likeness (QED) is 0.853. The summed E-state index contributed by atoms with van der Waals surface area (Å²) in [6.45, 7) is 1.74. The van der Waals surface area contributed by atoms with Gasteiger partial charge < -0.3 is 0 Å². The van der Waals surface area contributed by atoms with Crippen molar-refractivity contribution in [1.82, 2.24) is 4.72 Å². The number of nitrogens with one attached hydrogen (secondary N) is 1. The van der Waals surface area contributed by atoms with Crippen LogP contribution >= 0.6 is 23.2 Å². The molecule has 0 radical (unpaired) electrons. The number of alkyl halides is 1. The lowest BCUT2D eigenvalue weighted by Gasteiger charge is -2.13. The van der Waals surface area contributed by atoms with Gasteiger partial charge in [0.2, 0.25) is 10.0 Å². The van der Waals surface area contributed by atoms with Gasteiger partial charge >= 0.3 is 0 Å². The van der Waals surface area contributed by atoms with E-state index in [0.29, 0.717) is 5.02 Å². The molecule has 1 rings (SSSR count). The molecule has 3 nitrogen and oxygen atoms in total. The monoisotopic (exact) mass is 267 g/mol. The molecule has 6 heteroatoms. The van der Waals surface area contributed by atoms with E-state index in [4.69, 9.17) is 23.2 Å². The van der Waals surface area contributed by atoms with Gasteiger partial charge in [-0.05, 0) is 24.6 Å². The minimum atomic E-state index is -3.39. The summed E-state index contributed by atoms with van der Waals surface area (Å²) in [7, 11) is -3.39. The van der Waals surface area contributed by atoms with E-state index in [9.17, 15) is 8.42 Å².